The monoisotopic (exact) mass is 183 g/mol. The second kappa shape index (κ2) is 2.58. The second-order valence-electron chi connectivity index (χ2n) is 2.45. The third-order valence-corrected chi connectivity index (χ3v) is 1.69. The van der Waals surface area contributed by atoms with Gasteiger partial charge in [0, 0.05) is 20.2 Å². The molecule has 0 amide bonds. The molecular weight excluding hydrogens is 174 g/mol. The molecule has 2 heterocycles. The average Bonchev–Trinajstić information content (AvgIpc) is 2.65. The number of hydrogen-bond acceptors (Lipinski definition) is 5. The molecule has 0 bridgehead atoms. The lowest BCUT2D eigenvalue weighted by Crippen LogP contribution is -2.12. The first kappa shape index (κ1) is 7.78. The van der Waals surface area contributed by atoms with Crippen LogP contribution >= 0.6 is 0 Å². The van der Waals surface area contributed by atoms with Crippen LogP contribution in [0.15, 0.2) is 19.9 Å². The lowest BCUT2D eigenvalue weighted by molar-refractivity contribution is 0.158. The van der Waals surface area contributed by atoms with Crippen molar-refractivity contribution in [2.45, 2.75) is 0 Å². The largest absolute Gasteiger partial charge is 0.421 e. The van der Waals surface area contributed by atoms with Gasteiger partial charge in [0.05, 0.1) is 0 Å². The smallest absolute Gasteiger partial charge is 0.334 e. The van der Waals surface area contributed by atoms with E-state index >= 15 is 0 Å². The Morgan fingerprint density at radius 2 is 2.31 bits per heavy atom. The van der Waals surface area contributed by atoms with Crippen molar-refractivity contribution in [3.05, 3.63) is 11.8 Å². The molecule has 0 atom stereocenters. The van der Waals surface area contributed by atoms with Crippen molar-refractivity contribution in [1.82, 2.24) is 4.73 Å². The fraction of sp³-hybridized carbons (Fsp3) is 0.286. The molecule has 0 spiro atoms. The molecule has 2 aromatic heterocycles. The van der Waals surface area contributed by atoms with E-state index in [1.165, 1.54) is 7.05 Å². The minimum atomic E-state index is 0.108. The van der Waals surface area contributed by atoms with E-state index < -0.39 is 0 Å². The number of rotatable bonds is 1. The standard InChI is InChI=1S/C7H9N3O3/c1-8-5-3-4-6(13-5)10(11)7(9-2)12-4/h3,8,11H,1-2H3. The molecule has 0 unspecified atom stereocenters. The SMILES string of the molecule is CN=c1oc2cc(NC)oc2n1O. The lowest BCUT2D eigenvalue weighted by atomic mass is 10.6. The highest BCUT2D eigenvalue weighted by Crippen LogP contribution is 2.20. The van der Waals surface area contributed by atoms with Crippen LogP contribution in [0, 0.1) is 0 Å². The summed E-state index contributed by atoms with van der Waals surface area (Å²) in [5, 5.41) is 12.2. The Labute approximate surface area is 73.1 Å². The van der Waals surface area contributed by atoms with Crippen molar-refractivity contribution in [3.63, 3.8) is 0 Å². The predicted octanol–water partition coefficient (Wildman–Crippen LogP) is 0.637. The first-order chi connectivity index (χ1) is 6.26. The predicted molar refractivity (Wildman–Crippen MR) is 44.7 cm³/mol. The number of anilines is 1. The van der Waals surface area contributed by atoms with E-state index in [4.69, 9.17) is 8.83 Å². The van der Waals surface area contributed by atoms with Gasteiger partial charge in [-0.1, -0.05) is 4.73 Å². The molecule has 6 heteroatoms. The van der Waals surface area contributed by atoms with Crippen LogP contribution < -0.4 is 11.0 Å². The number of hydrogen-bond donors (Lipinski definition) is 2. The van der Waals surface area contributed by atoms with Crippen molar-refractivity contribution in [2.24, 2.45) is 4.99 Å². The van der Waals surface area contributed by atoms with Gasteiger partial charge in [0.15, 0.2) is 11.5 Å². The van der Waals surface area contributed by atoms with Crippen molar-refractivity contribution in [3.8, 4) is 0 Å². The quantitative estimate of drug-likeness (QED) is 0.636. The molecule has 2 rings (SSSR count). The molecule has 70 valence electrons. The van der Waals surface area contributed by atoms with Crippen molar-refractivity contribution in [1.29, 1.82) is 0 Å². The second-order valence-corrected chi connectivity index (χ2v) is 2.45. The van der Waals surface area contributed by atoms with E-state index in [0.29, 0.717) is 11.5 Å². The molecule has 0 saturated heterocycles. The normalized spacial score (nSPS) is 12.6. The minimum Gasteiger partial charge on any atom is -0.421 e. The molecule has 13 heavy (non-hydrogen) atoms. The Kier molecular flexibility index (Phi) is 1.54. The molecule has 0 radical (unpaired) electrons. The number of oxazole rings is 1. The maximum absolute atomic E-state index is 9.41. The number of fused-ring (bicyclic) bond motifs is 1. The van der Waals surface area contributed by atoms with Gasteiger partial charge in [0.1, 0.15) is 0 Å². The summed E-state index contributed by atoms with van der Waals surface area (Å²) in [5.74, 6) is 0.527. The van der Waals surface area contributed by atoms with Gasteiger partial charge in [0.2, 0.25) is 0 Å². The fourth-order valence-corrected chi connectivity index (χ4v) is 1.08. The summed E-state index contributed by atoms with van der Waals surface area (Å²) >= 11 is 0. The van der Waals surface area contributed by atoms with E-state index in [9.17, 15) is 5.21 Å². The molecule has 2 N–H and O–H groups in total. The number of nitrogens with zero attached hydrogens (tertiary/aromatic N) is 2. The third kappa shape index (κ3) is 0.986. The summed E-state index contributed by atoms with van der Waals surface area (Å²) in [6.45, 7) is 0. The average molecular weight is 183 g/mol. The van der Waals surface area contributed by atoms with Crippen LogP contribution in [0.1, 0.15) is 0 Å². The van der Waals surface area contributed by atoms with E-state index in [1.54, 1.807) is 13.1 Å². The Morgan fingerprint density at radius 3 is 2.85 bits per heavy atom. The van der Waals surface area contributed by atoms with Crippen molar-refractivity contribution in [2.75, 3.05) is 19.4 Å². The molecule has 0 fully saturated rings. The Balaban J connectivity index is 2.77. The summed E-state index contributed by atoms with van der Waals surface area (Å²) in [6.07, 6.45) is 0. The molecule has 0 aliphatic carbocycles. The first-order valence-corrected chi connectivity index (χ1v) is 3.71. The fourth-order valence-electron chi connectivity index (χ4n) is 1.08. The lowest BCUT2D eigenvalue weighted by Gasteiger charge is -1.89. The van der Waals surface area contributed by atoms with E-state index in [0.717, 1.165) is 4.73 Å². The minimum absolute atomic E-state index is 0.108. The molecular formula is C7H9N3O3. The highest BCUT2D eigenvalue weighted by atomic mass is 16.5. The van der Waals surface area contributed by atoms with Gasteiger partial charge in [-0.25, -0.2) is 4.99 Å². The van der Waals surface area contributed by atoms with Crippen LogP contribution in [-0.4, -0.2) is 24.0 Å². The number of aromatic nitrogens is 1. The first-order valence-electron chi connectivity index (χ1n) is 3.71. The number of nitrogens with one attached hydrogen (secondary N) is 1. The van der Waals surface area contributed by atoms with Gasteiger partial charge in [-0.2, -0.15) is 0 Å². The zero-order chi connectivity index (χ0) is 9.42. The maximum Gasteiger partial charge on any atom is 0.334 e. The highest BCUT2D eigenvalue weighted by Gasteiger charge is 2.12. The summed E-state index contributed by atoms with van der Waals surface area (Å²) in [7, 11) is 3.23. The van der Waals surface area contributed by atoms with Gasteiger partial charge in [-0.05, 0) is 0 Å². The van der Waals surface area contributed by atoms with Gasteiger partial charge in [-0.3, -0.25) is 0 Å². The van der Waals surface area contributed by atoms with Gasteiger partial charge in [-0.15, -0.1) is 0 Å². The molecule has 6 nitrogen and oxygen atoms in total. The number of furan rings is 1. The Hall–Kier alpha value is -1.85. The van der Waals surface area contributed by atoms with E-state index in [2.05, 4.69) is 10.3 Å². The Bertz CT molecular complexity index is 491. The van der Waals surface area contributed by atoms with Crippen LogP contribution in [-0.2, 0) is 0 Å². The van der Waals surface area contributed by atoms with E-state index in [1.807, 2.05) is 0 Å². The van der Waals surface area contributed by atoms with Crippen LogP contribution in [0.2, 0.25) is 0 Å². The van der Waals surface area contributed by atoms with Gasteiger partial charge >= 0.3 is 5.68 Å². The maximum atomic E-state index is 9.41. The summed E-state index contributed by atoms with van der Waals surface area (Å²) in [5.41, 5.74) is 0.800. The molecule has 2 aromatic rings. The third-order valence-electron chi connectivity index (χ3n) is 1.69. The summed E-state index contributed by atoms with van der Waals surface area (Å²) in [4.78, 5) is 3.70. The van der Waals surface area contributed by atoms with Crippen LogP contribution in [0.4, 0.5) is 5.88 Å². The van der Waals surface area contributed by atoms with Crippen molar-refractivity contribution < 1.29 is 14.0 Å². The Morgan fingerprint density at radius 1 is 1.54 bits per heavy atom. The van der Waals surface area contributed by atoms with Crippen LogP contribution in [0.25, 0.3) is 11.3 Å². The molecule has 0 saturated carbocycles. The summed E-state index contributed by atoms with van der Waals surface area (Å²) in [6, 6.07) is 1.64. The molecule has 0 aliphatic heterocycles. The zero-order valence-corrected chi connectivity index (χ0v) is 7.24. The van der Waals surface area contributed by atoms with Gasteiger partial charge < -0.3 is 19.4 Å². The topological polar surface area (TPSA) is 75.8 Å². The van der Waals surface area contributed by atoms with Crippen LogP contribution in [0.5, 0.6) is 0 Å². The zero-order valence-electron chi connectivity index (χ0n) is 7.24. The summed E-state index contributed by atoms with van der Waals surface area (Å²) < 4.78 is 11.1. The highest BCUT2D eigenvalue weighted by molar-refractivity contribution is 5.70. The van der Waals surface area contributed by atoms with Crippen LogP contribution in [0.3, 0.4) is 0 Å². The van der Waals surface area contributed by atoms with E-state index in [-0.39, 0.29) is 11.4 Å². The van der Waals surface area contributed by atoms with Gasteiger partial charge in [0.25, 0.3) is 5.71 Å². The van der Waals surface area contributed by atoms with Crippen molar-refractivity contribution >= 4 is 17.2 Å². The molecule has 0 aromatic carbocycles. The molecule has 0 aliphatic rings.